The highest BCUT2D eigenvalue weighted by atomic mass is 19.4. The molecular formula is C17H16F6N4O4. The van der Waals surface area contributed by atoms with Gasteiger partial charge < -0.3 is 20.5 Å². The molecule has 0 amide bonds. The van der Waals surface area contributed by atoms with Crippen LogP contribution in [0.4, 0.5) is 37.7 Å². The van der Waals surface area contributed by atoms with Crippen LogP contribution in [-0.2, 0) is 4.74 Å². The molecule has 0 aliphatic carbocycles. The van der Waals surface area contributed by atoms with E-state index < -0.39 is 37.4 Å². The lowest BCUT2D eigenvalue weighted by atomic mass is 10.3. The van der Waals surface area contributed by atoms with Crippen molar-refractivity contribution < 1.29 is 45.8 Å². The first kappa shape index (κ1) is 25.5. The van der Waals surface area contributed by atoms with E-state index in [-0.39, 0.29) is 22.8 Å². The monoisotopic (exact) mass is 454 g/mol. The number of nitrogens with one attached hydrogen (secondary N) is 2. The number of alkyl halides is 6. The van der Waals surface area contributed by atoms with Gasteiger partial charge in [-0.1, -0.05) is 0 Å². The topological polar surface area (TPSA) is 113 Å². The molecule has 0 spiro atoms. The Kier molecular flexibility index (Phi) is 9.02. The van der Waals surface area contributed by atoms with Crippen LogP contribution < -0.4 is 10.6 Å². The predicted molar refractivity (Wildman–Crippen MR) is 95.9 cm³/mol. The molecule has 0 saturated carbocycles. The summed E-state index contributed by atoms with van der Waals surface area (Å²) in [6.07, 6.45) is -6.43. The number of methoxy groups -OCH3 is 1. The number of rotatable bonds is 6. The van der Waals surface area contributed by atoms with E-state index in [0.29, 0.717) is 0 Å². The number of anilines is 2. The molecule has 3 N–H and O–H groups in total. The molecular weight excluding hydrogens is 438 g/mol. The Morgan fingerprint density at radius 1 is 0.871 bits per heavy atom. The first-order valence-electron chi connectivity index (χ1n) is 8.15. The zero-order valence-electron chi connectivity index (χ0n) is 15.7. The van der Waals surface area contributed by atoms with E-state index >= 15 is 0 Å². The first-order chi connectivity index (χ1) is 14.3. The van der Waals surface area contributed by atoms with Gasteiger partial charge in [-0.05, 0) is 24.3 Å². The van der Waals surface area contributed by atoms with E-state index in [1.54, 1.807) is 0 Å². The fourth-order valence-corrected chi connectivity index (χ4v) is 1.75. The summed E-state index contributed by atoms with van der Waals surface area (Å²) in [5.41, 5.74) is 0.134. The van der Waals surface area contributed by atoms with Crippen molar-refractivity contribution in [2.75, 3.05) is 30.8 Å². The minimum absolute atomic E-state index is 0.0417. The van der Waals surface area contributed by atoms with Gasteiger partial charge in [0, 0.05) is 0 Å². The molecule has 170 valence electrons. The van der Waals surface area contributed by atoms with Crippen LogP contribution in [0.15, 0.2) is 36.7 Å². The highest BCUT2D eigenvalue weighted by Gasteiger charge is 2.27. The molecule has 0 aliphatic rings. The van der Waals surface area contributed by atoms with Crippen molar-refractivity contribution in [3.05, 3.63) is 48.0 Å². The fraction of sp³-hybridized carbons (Fsp3) is 0.294. The summed E-state index contributed by atoms with van der Waals surface area (Å²) < 4.78 is 75.2. The molecule has 0 aromatic carbocycles. The number of nitrogens with zero attached hydrogens (tertiary/aromatic N) is 2. The van der Waals surface area contributed by atoms with Crippen molar-refractivity contribution in [2.24, 2.45) is 0 Å². The second kappa shape index (κ2) is 11.0. The standard InChI is InChI=1S/C9H9F3N2O2.C8H7F3N2O2/c1-16-8(15)7-3-2-6(4-13-7)14-5-9(10,11)12;9-8(10,11)4-13-5-1-2-6(7(14)15)12-3-5/h2-4,14H,5H2,1H3;1-3,13H,4H2,(H,14,15). The van der Waals surface area contributed by atoms with E-state index in [1.807, 2.05) is 0 Å². The molecule has 0 aliphatic heterocycles. The minimum atomic E-state index is -4.31. The van der Waals surface area contributed by atoms with Crippen LogP contribution in [-0.4, -0.2) is 59.6 Å². The number of aromatic carboxylic acids is 1. The SMILES string of the molecule is COC(=O)c1ccc(NCC(F)(F)F)cn1.O=C(O)c1ccc(NCC(F)(F)F)cn1. The maximum absolute atomic E-state index is 11.8. The average molecular weight is 454 g/mol. The van der Waals surface area contributed by atoms with Crippen molar-refractivity contribution in [1.29, 1.82) is 0 Å². The molecule has 14 heteroatoms. The lowest BCUT2D eigenvalue weighted by molar-refractivity contribution is -0.116. The second-order valence-electron chi connectivity index (χ2n) is 5.60. The van der Waals surface area contributed by atoms with E-state index in [1.165, 1.54) is 25.3 Å². The third-order valence-electron chi connectivity index (χ3n) is 3.13. The lowest BCUT2D eigenvalue weighted by Crippen LogP contribution is -2.21. The number of carbonyl (C=O) groups excluding carboxylic acids is 1. The van der Waals surface area contributed by atoms with Gasteiger partial charge in [0.1, 0.15) is 24.5 Å². The van der Waals surface area contributed by atoms with E-state index in [4.69, 9.17) is 5.11 Å². The summed E-state index contributed by atoms with van der Waals surface area (Å²) in [4.78, 5) is 28.4. The summed E-state index contributed by atoms with van der Waals surface area (Å²) >= 11 is 0. The second-order valence-corrected chi connectivity index (χ2v) is 5.60. The number of hydrogen-bond acceptors (Lipinski definition) is 7. The third kappa shape index (κ3) is 10.7. The van der Waals surface area contributed by atoms with Crippen molar-refractivity contribution in [2.45, 2.75) is 12.4 Å². The molecule has 2 aromatic rings. The predicted octanol–water partition coefficient (Wildman–Crippen LogP) is 3.60. The van der Waals surface area contributed by atoms with Gasteiger partial charge in [-0.25, -0.2) is 19.6 Å². The van der Waals surface area contributed by atoms with Crippen LogP contribution >= 0.6 is 0 Å². The Labute approximate surface area is 171 Å². The smallest absolute Gasteiger partial charge is 0.405 e. The third-order valence-corrected chi connectivity index (χ3v) is 3.13. The van der Waals surface area contributed by atoms with Gasteiger partial charge in [0.2, 0.25) is 0 Å². The maximum atomic E-state index is 11.8. The Hall–Kier alpha value is -3.58. The van der Waals surface area contributed by atoms with Crippen molar-refractivity contribution >= 4 is 23.3 Å². The highest BCUT2D eigenvalue weighted by molar-refractivity contribution is 5.87. The number of hydrogen-bond donors (Lipinski definition) is 3. The number of carboxylic acid groups (broad SMARTS) is 1. The Morgan fingerprint density at radius 2 is 1.29 bits per heavy atom. The van der Waals surface area contributed by atoms with Gasteiger partial charge in [0.15, 0.2) is 0 Å². The van der Waals surface area contributed by atoms with Gasteiger partial charge in [-0.3, -0.25) is 0 Å². The van der Waals surface area contributed by atoms with Crippen molar-refractivity contribution in [3.8, 4) is 0 Å². The maximum Gasteiger partial charge on any atom is 0.405 e. The number of pyridine rings is 2. The summed E-state index contributed by atoms with van der Waals surface area (Å²) in [7, 11) is 1.19. The van der Waals surface area contributed by atoms with Crippen molar-refractivity contribution in [1.82, 2.24) is 9.97 Å². The average Bonchev–Trinajstić information content (AvgIpc) is 2.70. The van der Waals surface area contributed by atoms with E-state index in [9.17, 15) is 35.9 Å². The molecule has 2 heterocycles. The molecule has 0 bridgehead atoms. The molecule has 0 fully saturated rings. The number of carbonyl (C=O) groups is 2. The number of ether oxygens (including phenoxy) is 1. The minimum Gasteiger partial charge on any atom is -0.477 e. The fourth-order valence-electron chi connectivity index (χ4n) is 1.75. The first-order valence-corrected chi connectivity index (χ1v) is 8.15. The van der Waals surface area contributed by atoms with Crippen LogP contribution in [0.5, 0.6) is 0 Å². The summed E-state index contributed by atoms with van der Waals surface area (Å²) in [6.45, 7) is -2.33. The van der Waals surface area contributed by atoms with Crippen molar-refractivity contribution in [3.63, 3.8) is 0 Å². The van der Waals surface area contributed by atoms with Gasteiger partial charge in [0.05, 0.1) is 30.9 Å². The largest absolute Gasteiger partial charge is 0.477 e. The van der Waals surface area contributed by atoms with Crippen LogP contribution in [0.25, 0.3) is 0 Å². The van der Waals surface area contributed by atoms with Gasteiger partial charge in [-0.2, -0.15) is 26.3 Å². The van der Waals surface area contributed by atoms with Gasteiger partial charge in [0.25, 0.3) is 0 Å². The quantitative estimate of drug-likeness (QED) is 0.448. The van der Waals surface area contributed by atoms with Gasteiger partial charge >= 0.3 is 24.3 Å². The van der Waals surface area contributed by atoms with Crippen LogP contribution in [0.2, 0.25) is 0 Å². The van der Waals surface area contributed by atoms with Crippen LogP contribution in [0.3, 0.4) is 0 Å². The zero-order valence-corrected chi connectivity index (χ0v) is 15.7. The van der Waals surface area contributed by atoms with Gasteiger partial charge in [-0.15, -0.1) is 0 Å². The normalized spacial score (nSPS) is 11.1. The summed E-state index contributed by atoms with van der Waals surface area (Å²) in [6, 6.07) is 4.96. The Balaban J connectivity index is 0.000000311. The highest BCUT2D eigenvalue weighted by Crippen LogP contribution is 2.17. The molecule has 0 saturated heterocycles. The molecule has 2 rings (SSSR count). The molecule has 31 heavy (non-hydrogen) atoms. The number of carboxylic acids is 1. The van der Waals surface area contributed by atoms with E-state index in [0.717, 1.165) is 18.5 Å². The number of aromatic nitrogens is 2. The van der Waals surface area contributed by atoms with Crippen LogP contribution in [0.1, 0.15) is 21.0 Å². The van der Waals surface area contributed by atoms with Crippen LogP contribution in [0, 0.1) is 0 Å². The molecule has 0 atom stereocenters. The zero-order chi connectivity index (χ0) is 23.7. The Morgan fingerprint density at radius 3 is 1.58 bits per heavy atom. The molecule has 2 aromatic heterocycles. The molecule has 8 nitrogen and oxygen atoms in total. The number of esters is 1. The summed E-state index contributed by atoms with van der Waals surface area (Å²) in [5.74, 6) is -1.86. The molecule has 0 unspecified atom stereocenters. The summed E-state index contributed by atoms with van der Waals surface area (Å²) in [5, 5.41) is 12.7. The van der Waals surface area contributed by atoms with E-state index in [2.05, 4.69) is 25.3 Å². The lowest BCUT2D eigenvalue weighted by Gasteiger charge is -2.09. The Bertz CT molecular complexity index is 855. The number of halogens is 6. The molecule has 0 radical (unpaired) electrons.